The van der Waals surface area contributed by atoms with E-state index in [9.17, 15) is 0 Å². The quantitative estimate of drug-likeness (QED) is 0.806. The first-order chi connectivity index (χ1) is 6.86. The lowest BCUT2D eigenvalue weighted by Gasteiger charge is -2.08. The average molecular weight is 192 g/mol. The summed E-state index contributed by atoms with van der Waals surface area (Å²) in [5.41, 5.74) is 0. The summed E-state index contributed by atoms with van der Waals surface area (Å²) in [6, 6.07) is 4.00. The maximum Gasteiger partial charge on any atom is 0.180 e. The van der Waals surface area contributed by atoms with E-state index in [2.05, 4.69) is 10.3 Å². The van der Waals surface area contributed by atoms with Gasteiger partial charge in [-0.1, -0.05) is 0 Å². The van der Waals surface area contributed by atoms with E-state index in [-0.39, 0.29) is 6.04 Å². The van der Waals surface area contributed by atoms with Gasteiger partial charge in [0.2, 0.25) is 0 Å². The number of furan rings is 1. The van der Waals surface area contributed by atoms with Crippen LogP contribution in [-0.2, 0) is 6.54 Å². The fraction of sp³-hybridized carbons (Fsp3) is 0.300. The summed E-state index contributed by atoms with van der Waals surface area (Å²) in [6.45, 7) is 2.69. The van der Waals surface area contributed by atoms with Gasteiger partial charge in [0.05, 0.1) is 25.0 Å². The van der Waals surface area contributed by atoms with E-state index in [1.54, 1.807) is 12.5 Å². The Morgan fingerprint density at radius 1 is 1.50 bits per heavy atom. The number of rotatable bonds is 4. The van der Waals surface area contributed by atoms with Crippen LogP contribution in [0.4, 0.5) is 0 Å². The zero-order valence-corrected chi connectivity index (χ0v) is 7.93. The van der Waals surface area contributed by atoms with Gasteiger partial charge < -0.3 is 14.2 Å². The standard InChI is InChI=1S/C10H12N2O2/c1-8(10-3-2-4-13-10)12-6-9-5-11-7-14-9/h2-5,7-8,12H,6H2,1H3. The molecule has 2 aromatic rings. The van der Waals surface area contributed by atoms with Crippen LogP contribution in [0, 0.1) is 0 Å². The summed E-state index contributed by atoms with van der Waals surface area (Å²) in [5.74, 6) is 1.74. The van der Waals surface area contributed by atoms with Crippen LogP contribution in [0.2, 0.25) is 0 Å². The van der Waals surface area contributed by atoms with Gasteiger partial charge in [0.25, 0.3) is 0 Å². The fourth-order valence-corrected chi connectivity index (χ4v) is 1.22. The third kappa shape index (κ3) is 2.03. The van der Waals surface area contributed by atoms with Gasteiger partial charge in [0, 0.05) is 0 Å². The van der Waals surface area contributed by atoms with Crippen molar-refractivity contribution in [3.8, 4) is 0 Å². The maximum absolute atomic E-state index is 5.26. The molecule has 2 rings (SSSR count). The Morgan fingerprint density at radius 3 is 3.07 bits per heavy atom. The molecule has 74 valence electrons. The van der Waals surface area contributed by atoms with Crippen LogP contribution >= 0.6 is 0 Å². The van der Waals surface area contributed by atoms with E-state index in [1.165, 1.54) is 6.39 Å². The lowest BCUT2D eigenvalue weighted by molar-refractivity contribution is 0.406. The number of hydrogen-bond acceptors (Lipinski definition) is 4. The van der Waals surface area contributed by atoms with Gasteiger partial charge in [-0.05, 0) is 19.1 Å². The second kappa shape index (κ2) is 4.11. The molecule has 0 fully saturated rings. The van der Waals surface area contributed by atoms with E-state index >= 15 is 0 Å². The Hall–Kier alpha value is -1.55. The smallest absolute Gasteiger partial charge is 0.180 e. The van der Waals surface area contributed by atoms with Crippen LogP contribution in [0.25, 0.3) is 0 Å². The summed E-state index contributed by atoms with van der Waals surface area (Å²) in [6.07, 6.45) is 4.79. The summed E-state index contributed by atoms with van der Waals surface area (Å²) >= 11 is 0. The van der Waals surface area contributed by atoms with Gasteiger partial charge in [-0.25, -0.2) is 4.98 Å². The van der Waals surface area contributed by atoms with Crippen molar-refractivity contribution in [2.24, 2.45) is 0 Å². The highest BCUT2D eigenvalue weighted by Crippen LogP contribution is 2.12. The van der Waals surface area contributed by atoms with Gasteiger partial charge in [-0.3, -0.25) is 0 Å². The van der Waals surface area contributed by atoms with E-state index < -0.39 is 0 Å². The highest BCUT2D eigenvalue weighted by molar-refractivity contribution is 5.03. The SMILES string of the molecule is CC(NCc1cnco1)c1ccco1. The van der Waals surface area contributed by atoms with Crippen molar-refractivity contribution in [2.45, 2.75) is 19.5 Å². The van der Waals surface area contributed by atoms with Crippen molar-refractivity contribution in [3.05, 3.63) is 42.5 Å². The molecule has 1 atom stereocenters. The summed E-state index contributed by atoms with van der Waals surface area (Å²) in [7, 11) is 0. The molecular weight excluding hydrogens is 180 g/mol. The minimum Gasteiger partial charge on any atom is -0.468 e. The van der Waals surface area contributed by atoms with E-state index in [1.807, 2.05) is 19.1 Å². The van der Waals surface area contributed by atoms with E-state index in [0.29, 0.717) is 6.54 Å². The predicted molar refractivity (Wildman–Crippen MR) is 50.5 cm³/mol. The number of hydrogen-bond donors (Lipinski definition) is 1. The third-order valence-corrected chi connectivity index (χ3v) is 2.04. The molecule has 0 aliphatic rings. The molecule has 4 heteroatoms. The predicted octanol–water partition coefficient (Wildman–Crippen LogP) is 2.12. The van der Waals surface area contributed by atoms with Crippen molar-refractivity contribution in [1.82, 2.24) is 10.3 Å². The molecule has 14 heavy (non-hydrogen) atoms. The lowest BCUT2D eigenvalue weighted by Crippen LogP contribution is -2.17. The van der Waals surface area contributed by atoms with Crippen LogP contribution in [0.5, 0.6) is 0 Å². The molecule has 4 nitrogen and oxygen atoms in total. The van der Waals surface area contributed by atoms with Crippen LogP contribution < -0.4 is 5.32 Å². The topological polar surface area (TPSA) is 51.2 Å². The number of nitrogens with zero attached hydrogens (tertiary/aromatic N) is 1. The normalized spacial score (nSPS) is 12.9. The van der Waals surface area contributed by atoms with Crippen LogP contribution in [0.15, 0.2) is 39.8 Å². The van der Waals surface area contributed by atoms with Crippen molar-refractivity contribution < 1.29 is 8.83 Å². The number of aromatic nitrogens is 1. The molecule has 1 N–H and O–H groups in total. The lowest BCUT2D eigenvalue weighted by atomic mass is 10.2. The molecule has 0 saturated heterocycles. The average Bonchev–Trinajstić information content (AvgIpc) is 2.87. The zero-order valence-electron chi connectivity index (χ0n) is 7.93. The molecule has 0 radical (unpaired) electrons. The second-order valence-corrected chi connectivity index (χ2v) is 3.09. The van der Waals surface area contributed by atoms with Crippen LogP contribution in [0.1, 0.15) is 24.5 Å². The Kier molecular flexibility index (Phi) is 2.65. The van der Waals surface area contributed by atoms with Gasteiger partial charge in [-0.15, -0.1) is 0 Å². The molecule has 2 heterocycles. The minimum absolute atomic E-state index is 0.176. The molecule has 0 bridgehead atoms. The van der Waals surface area contributed by atoms with E-state index in [0.717, 1.165) is 11.5 Å². The Bertz CT molecular complexity index is 353. The van der Waals surface area contributed by atoms with Crippen molar-refractivity contribution in [3.63, 3.8) is 0 Å². The molecule has 2 aromatic heterocycles. The molecule has 0 amide bonds. The molecular formula is C10H12N2O2. The van der Waals surface area contributed by atoms with Crippen molar-refractivity contribution in [1.29, 1.82) is 0 Å². The van der Waals surface area contributed by atoms with Crippen LogP contribution in [-0.4, -0.2) is 4.98 Å². The van der Waals surface area contributed by atoms with Gasteiger partial charge >= 0.3 is 0 Å². The summed E-state index contributed by atoms with van der Waals surface area (Å²) in [4.78, 5) is 3.83. The number of nitrogens with one attached hydrogen (secondary N) is 1. The van der Waals surface area contributed by atoms with E-state index in [4.69, 9.17) is 8.83 Å². The second-order valence-electron chi connectivity index (χ2n) is 3.09. The molecule has 0 aliphatic carbocycles. The first-order valence-electron chi connectivity index (χ1n) is 4.50. The minimum atomic E-state index is 0.176. The van der Waals surface area contributed by atoms with Crippen molar-refractivity contribution in [2.75, 3.05) is 0 Å². The number of oxazole rings is 1. The Labute approximate surface area is 81.9 Å². The Balaban J connectivity index is 1.87. The molecule has 0 saturated carbocycles. The molecule has 0 aliphatic heterocycles. The highest BCUT2D eigenvalue weighted by atomic mass is 16.3. The molecule has 0 spiro atoms. The molecule has 0 aromatic carbocycles. The van der Waals surface area contributed by atoms with Gasteiger partial charge in [0.15, 0.2) is 6.39 Å². The monoisotopic (exact) mass is 192 g/mol. The maximum atomic E-state index is 5.26. The summed E-state index contributed by atoms with van der Waals surface area (Å²) < 4.78 is 10.4. The summed E-state index contributed by atoms with van der Waals surface area (Å²) in [5, 5.41) is 3.26. The third-order valence-electron chi connectivity index (χ3n) is 2.04. The van der Waals surface area contributed by atoms with Gasteiger partial charge in [-0.2, -0.15) is 0 Å². The first kappa shape index (κ1) is 9.02. The van der Waals surface area contributed by atoms with Gasteiger partial charge in [0.1, 0.15) is 11.5 Å². The highest BCUT2D eigenvalue weighted by Gasteiger charge is 2.07. The molecule has 1 unspecified atom stereocenters. The Morgan fingerprint density at radius 2 is 2.43 bits per heavy atom. The first-order valence-corrected chi connectivity index (χ1v) is 4.50. The largest absolute Gasteiger partial charge is 0.468 e. The van der Waals surface area contributed by atoms with Crippen molar-refractivity contribution >= 4 is 0 Å². The van der Waals surface area contributed by atoms with Crippen LogP contribution in [0.3, 0.4) is 0 Å². The zero-order chi connectivity index (χ0) is 9.80. The fourth-order valence-electron chi connectivity index (χ4n) is 1.22.